The van der Waals surface area contributed by atoms with Crippen LogP contribution in [-0.2, 0) is 4.79 Å². The molecule has 0 heterocycles. The van der Waals surface area contributed by atoms with Gasteiger partial charge in [0.2, 0.25) is 5.91 Å². The Labute approximate surface area is 124 Å². The number of benzene rings is 2. The number of aromatic hydroxyl groups is 1. The molecule has 1 amide bonds. The van der Waals surface area contributed by atoms with Gasteiger partial charge >= 0.3 is 0 Å². The van der Waals surface area contributed by atoms with E-state index in [1.807, 2.05) is 24.3 Å². The zero-order chi connectivity index (χ0) is 14.9. The molecule has 1 saturated carbocycles. The van der Waals surface area contributed by atoms with Gasteiger partial charge in [0, 0.05) is 28.4 Å². The lowest BCUT2D eigenvalue weighted by Crippen LogP contribution is -2.40. The Bertz CT molecular complexity index is 676. The highest BCUT2D eigenvalue weighted by atomic mass is 16.3. The molecule has 3 rings (SSSR count). The van der Waals surface area contributed by atoms with Gasteiger partial charge in [0.15, 0.2) is 0 Å². The number of rotatable bonds is 3. The van der Waals surface area contributed by atoms with Crippen molar-refractivity contribution >= 4 is 22.4 Å². The molecule has 4 N–H and O–H groups in total. The van der Waals surface area contributed by atoms with Crippen LogP contribution in [0.3, 0.4) is 0 Å². The Hall–Kier alpha value is -2.07. The van der Waals surface area contributed by atoms with Crippen LogP contribution in [0.5, 0.6) is 5.75 Å². The number of anilines is 1. The number of phenols is 1. The molecule has 0 aliphatic heterocycles. The summed E-state index contributed by atoms with van der Waals surface area (Å²) in [6.45, 7) is 0. The summed E-state index contributed by atoms with van der Waals surface area (Å²) in [7, 11) is 0. The standard InChI is InChI=1S/C17H20N2O2/c18-17(9-1-2-10-17)11-16(21)19-14-7-3-6-13-12(14)5-4-8-15(13)20/h3-8,20H,1-2,9-11,18H2,(H,19,21). The van der Waals surface area contributed by atoms with Gasteiger partial charge < -0.3 is 16.2 Å². The van der Waals surface area contributed by atoms with Crippen molar-refractivity contribution in [3.8, 4) is 5.75 Å². The largest absolute Gasteiger partial charge is 0.507 e. The number of phenolic OH excluding ortho intramolecular Hbond substituents is 1. The van der Waals surface area contributed by atoms with Crippen molar-refractivity contribution in [2.75, 3.05) is 5.32 Å². The lowest BCUT2D eigenvalue weighted by atomic mass is 9.94. The van der Waals surface area contributed by atoms with Crippen molar-refractivity contribution in [2.24, 2.45) is 5.73 Å². The number of hydrogen-bond donors (Lipinski definition) is 3. The highest BCUT2D eigenvalue weighted by Gasteiger charge is 2.31. The van der Waals surface area contributed by atoms with Gasteiger partial charge in [-0.05, 0) is 25.0 Å². The maximum Gasteiger partial charge on any atom is 0.226 e. The molecule has 2 aromatic carbocycles. The minimum Gasteiger partial charge on any atom is -0.507 e. The van der Waals surface area contributed by atoms with E-state index in [2.05, 4.69) is 5.32 Å². The number of carbonyl (C=O) groups is 1. The minimum atomic E-state index is -0.350. The first-order valence-electron chi connectivity index (χ1n) is 7.37. The summed E-state index contributed by atoms with van der Waals surface area (Å²) in [5, 5.41) is 14.4. The Balaban J connectivity index is 1.82. The molecule has 0 bridgehead atoms. The van der Waals surface area contributed by atoms with Gasteiger partial charge in [0.1, 0.15) is 5.75 Å². The van der Waals surface area contributed by atoms with Gasteiger partial charge in [-0.3, -0.25) is 4.79 Å². The minimum absolute atomic E-state index is 0.0600. The molecule has 0 saturated heterocycles. The van der Waals surface area contributed by atoms with Crippen molar-refractivity contribution in [3.05, 3.63) is 36.4 Å². The second-order valence-corrected chi connectivity index (χ2v) is 5.97. The Kier molecular flexibility index (Phi) is 3.55. The third kappa shape index (κ3) is 2.85. The van der Waals surface area contributed by atoms with Crippen LogP contribution in [-0.4, -0.2) is 16.6 Å². The van der Waals surface area contributed by atoms with E-state index in [1.165, 1.54) is 0 Å². The highest BCUT2D eigenvalue weighted by molar-refractivity contribution is 6.04. The first-order valence-corrected chi connectivity index (χ1v) is 7.37. The fourth-order valence-electron chi connectivity index (χ4n) is 3.17. The molecule has 1 aliphatic carbocycles. The summed E-state index contributed by atoms with van der Waals surface area (Å²) in [5.41, 5.74) is 6.62. The van der Waals surface area contributed by atoms with Crippen LogP contribution >= 0.6 is 0 Å². The molecule has 4 heteroatoms. The predicted molar refractivity (Wildman–Crippen MR) is 84.2 cm³/mol. The first kappa shape index (κ1) is 13.9. The lowest BCUT2D eigenvalue weighted by molar-refractivity contribution is -0.117. The predicted octanol–water partition coefficient (Wildman–Crippen LogP) is 3.15. The van der Waals surface area contributed by atoms with Crippen LogP contribution < -0.4 is 11.1 Å². The van der Waals surface area contributed by atoms with Crippen LogP contribution in [0.2, 0.25) is 0 Å². The van der Waals surface area contributed by atoms with Gasteiger partial charge in [-0.25, -0.2) is 0 Å². The van der Waals surface area contributed by atoms with Gasteiger partial charge in [0.05, 0.1) is 0 Å². The SMILES string of the molecule is NC1(CC(=O)Nc2cccc3c(O)cccc23)CCCC1. The summed E-state index contributed by atoms with van der Waals surface area (Å²) >= 11 is 0. The third-order valence-electron chi connectivity index (χ3n) is 4.29. The zero-order valence-corrected chi connectivity index (χ0v) is 11.9. The van der Waals surface area contributed by atoms with Crippen LogP contribution in [0.1, 0.15) is 32.1 Å². The summed E-state index contributed by atoms with van der Waals surface area (Å²) in [4.78, 5) is 12.2. The van der Waals surface area contributed by atoms with Crippen LogP contribution in [0.15, 0.2) is 36.4 Å². The quantitative estimate of drug-likeness (QED) is 0.810. The topological polar surface area (TPSA) is 75.4 Å². The molecule has 110 valence electrons. The average molecular weight is 284 g/mol. The molecule has 21 heavy (non-hydrogen) atoms. The van der Waals surface area contributed by atoms with Crippen LogP contribution in [0.4, 0.5) is 5.69 Å². The maximum atomic E-state index is 12.2. The van der Waals surface area contributed by atoms with E-state index in [0.29, 0.717) is 6.42 Å². The number of amides is 1. The zero-order valence-electron chi connectivity index (χ0n) is 11.9. The Morgan fingerprint density at radius 1 is 1.14 bits per heavy atom. The molecular formula is C17H20N2O2. The van der Waals surface area contributed by atoms with Crippen LogP contribution in [0.25, 0.3) is 10.8 Å². The van der Waals surface area contributed by atoms with E-state index in [0.717, 1.165) is 42.1 Å². The van der Waals surface area contributed by atoms with Gasteiger partial charge in [0.25, 0.3) is 0 Å². The second kappa shape index (κ2) is 5.37. The van der Waals surface area contributed by atoms with E-state index in [-0.39, 0.29) is 17.2 Å². The number of carbonyl (C=O) groups excluding carboxylic acids is 1. The fourth-order valence-corrected chi connectivity index (χ4v) is 3.17. The molecule has 1 aliphatic rings. The highest BCUT2D eigenvalue weighted by Crippen LogP contribution is 2.32. The van der Waals surface area contributed by atoms with Crippen molar-refractivity contribution in [1.29, 1.82) is 0 Å². The van der Waals surface area contributed by atoms with Crippen molar-refractivity contribution in [3.63, 3.8) is 0 Å². The van der Waals surface area contributed by atoms with Gasteiger partial charge in [-0.1, -0.05) is 37.1 Å². The van der Waals surface area contributed by atoms with Gasteiger partial charge in [-0.2, -0.15) is 0 Å². The molecule has 4 nitrogen and oxygen atoms in total. The smallest absolute Gasteiger partial charge is 0.226 e. The number of fused-ring (bicyclic) bond motifs is 1. The monoisotopic (exact) mass is 284 g/mol. The van der Waals surface area contributed by atoms with E-state index in [9.17, 15) is 9.90 Å². The third-order valence-corrected chi connectivity index (χ3v) is 4.29. The van der Waals surface area contributed by atoms with E-state index < -0.39 is 0 Å². The number of hydrogen-bond acceptors (Lipinski definition) is 3. The van der Waals surface area contributed by atoms with E-state index in [4.69, 9.17) is 5.73 Å². The molecular weight excluding hydrogens is 264 g/mol. The summed E-state index contributed by atoms with van der Waals surface area (Å²) < 4.78 is 0. The molecule has 0 aromatic heterocycles. The molecule has 0 unspecified atom stereocenters. The molecule has 0 radical (unpaired) electrons. The van der Waals surface area contributed by atoms with Crippen molar-refractivity contribution < 1.29 is 9.90 Å². The fraction of sp³-hybridized carbons (Fsp3) is 0.353. The van der Waals surface area contributed by atoms with Gasteiger partial charge in [-0.15, -0.1) is 0 Å². The molecule has 0 atom stereocenters. The Morgan fingerprint density at radius 2 is 1.81 bits per heavy atom. The number of nitrogens with one attached hydrogen (secondary N) is 1. The van der Waals surface area contributed by atoms with Crippen molar-refractivity contribution in [2.45, 2.75) is 37.6 Å². The van der Waals surface area contributed by atoms with Crippen LogP contribution in [0, 0.1) is 0 Å². The summed E-state index contributed by atoms with van der Waals surface area (Å²) in [6, 6.07) is 10.8. The molecule has 0 spiro atoms. The average Bonchev–Trinajstić information content (AvgIpc) is 2.86. The first-order chi connectivity index (χ1) is 10.1. The summed E-state index contributed by atoms with van der Waals surface area (Å²) in [5.74, 6) is 0.157. The Morgan fingerprint density at radius 3 is 2.57 bits per heavy atom. The maximum absolute atomic E-state index is 12.2. The number of nitrogens with two attached hydrogens (primary N) is 1. The molecule has 2 aromatic rings. The van der Waals surface area contributed by atoms with Crippen molar-refractivity contribution in [1.82, 2.24) is 0 Å². The summed E-state index contributed by atoms with van der Waals surface area (Å²) in [6.07, 6.45) is 4.38. The van der Waals surface area contributed by atoms with E-state index in [1.54, 1.807) is 12.1 Å². The lowest BCUT2D eigenvalue weighted by Gasteiger charge is -2.22. The second-order valence-electron chi connectivity index (χ2n) is 5.97. The normalized spacial score (nSPS) is 17.0. The van der Waals surface area contributed by atoms with E-state index >= 15 is 0 Å². The molecule has 1 fully saturated rings.